The van der Waals surface area contributed by atoms with Crippen LogP contribution >= 0.6 is 0 Å². The van der Waals surface area contributed by atoms with E-state index in [4.69, 9.17) is 0 Å². The largest absolute Gasteiger partial charge is 0.324 e. The lowest BCUT2D eigenvalue weighted by molar-refractivity contribution is -0.117. The van der Waals surface area contributed by atoms with E-state index in [-0.39, 0.29) is 11.6 Å². The first-order chi connectivity index (χ1) is 17.9. The van der Waals surface area contributed by atoms with Crippen LogP contribution in [0, 0.1) is 18.8 Å². The molecule has 6 rings (SSSR count). The van der Waals surface area contributed by atoms with E-state index in [0.717, 1.165) is 36.1 Å². The average molecular weight is 500 g/mol. The summed E-state index contributed by atoms with van der Waals surface area (Å²) in [5.74, 6) is 0.981. The van der Waals surface area contributed by atoms with Gasteiger partial charge in [0.05, 0.1) is 41.5 Å². The van der Waals surface area contributed by atoms with E-state index in [1.54, 1.807) is 34.6 Å². The smallest absolute Gasteiger partial charge is 0.278 e. The molecule has 1 aliphatic heterocycles. The molecule has 11 nitrogen and oxygen atoms in total. The molecule has 4 aromatic heterocycles. The van der Waals surface area contributed by atoms with Crippen LogP contribution in [0.1, 0.15) is 35.4 Å². The van der Waals surface area contributed by atoms with E-state index in [1.165, 1.54) is 19.3 Å². The van der Waals surface area contributed by atoms with E-state index in [0.29, 0.717) is 29.1 Å². The predicted molar refractivity (Wildman–Crippen MR) is 138 cm³/mol. The van der Waals surface area contributed by atoms with Crippen LogP contribution in [-0.4, -0.2) is 65.9 Å². The third-order valence-corrected chi connectivity index (χ3v) is 7.33. The van der Waals surface area contributed by atoms with Crippen molar-refractivity contribution in [3.63, 3.8) is 0 Å². The fourth-order valence-electron chi connectivity index (χ4n) is 5.55. The average Bonchev–Trinajstić information content (AvgIpc) is 3.58. The maximum atomic E-state index is 13.1. The number of rotatable bonds is 6. The lowest BCUT2D eigenvalue weighted by atomic mass is 9.99. The second-order valence-corrected chi connectivity index (χ2v) is 10.2. The van der Waals surface area contributed by atoms with Gasteiger partial charge in [0.25, 0.3) is 5.91 Å². The summed E-state index contributed by atoms with van der Waals surface area (Å²) in [6.45, 7) is 4.16. The maximum Gasteiger partial charge on any atom is 0.278 e. The molecular weight excluding hydrogens is 470 g/mol. The van der Waals surface area contributed by atoms with Gasteiger partial charge in [-0.25, -0.2) is 4.52 Å². The summed E-state index contributed by atoms with van der Waals surface area (Å²) < 4.78 is 3.30. The standard InChI is InChI=1S/C26H29N9O2/c1-16-22(8-21(10-27-16)29-24(36)15-34-11-17-3-4-18(7-17)12-34)30-26(37)25-23-6-5-19(14-35(23)32-31-25)20-9-28-33(2)13-20/h5-6,8-10,13-14,17-18H,3-4,7,11-12,15H2,1-2H3,(H,29,36)(H,30,37)/t17-,18+. The minimum Gasteiger partial charge on any atom is -0.324 e. The zero-order valence-electron chi connectivity index (χ0n) is 20.9. The lowest BCUT2D eigenvalue weighted by Crippen LogP contribution is -2.41. The quantitative estimate of drug-likeness (QED) is 0.418. The highest BCUT2D eigenvalue weighted by Crippen LogP contribution is 2.36. The van der Waals surface area contributed by atoms with Crippen LogP contribution < -0.4 is 10.6 Å². The molecule has 5 heterocycles. The summed E-state index contributed by atoms with van der Waals surface area (Å²) in [5.41, 5.74) is 4.32. The first-order valence-electron chi connectivity index (χ1n) is 12.6. The van der Waals surface area contributed by atoms with Crippen molar-refractivity contribution >= 4 is 28.7 Å². The molecule has 4 aromatic rings. The molecule has 1 saturated heterocycles. The number of likely N-dealkylation sites (tertiary alicyclic amines) is 1. The second-order valence-electron chi connectivity index (χ2n) is 10.2. The number of pyridine rings is 2. The Morgan fingerprint density at radius 2 is 1.86 bits per heavy atom. The molecule has 0 aromatic carbocycles. The summed E-state index contributed by atoms with van der Waals surface area (Å²) in [5, 5.41) is 18.2. The highest BCUT2D eigenvalue weighted by atomic mass is 16.2. The van der Waals surface area contributed by atoms with E-state index in [1.807, 2.05) is 31.6 Å². The third kappa shape index (κ3) is 4.82. The monoisotopic (exact) mass is 499 g/mol. The van der Waals surface area contributed by atoms with Crippen LogP contribution in [0.3, 0.4) is 0 Å². The molecule has 2 N–H and O–H groups in total. The molecule has 190 valence electrons. The van der Waals surface area contributed by atoms with Gasteiger partial charge in [0.15, 0.2) is 5.69 Å². The number of hydrogen-bond donors (Lipinski definition) is 2. The number of anilines is 2. The van der Waals surface area contributed by atoms with Gasteiger partial charge in [-0.2, -0.15) is 5.10 Å². The topological polar surface area (TPSA) is 122 Å². The Balaban J connectivity index is 1.14. The Hall–Kier alpha value is -4.12. The van der Waals surface area contributed by atoms with Gasteiger partial charge in [0.2, 0.25) is 5.91 Å². The molecule has 2 atom stereocenters. The Kier molecular flexibility index (Phi) is 5.91. The number of nitrogens with zero attached hydrogens (tertiary/aromatic N) is 7. The maximum absolute atomic E-state index is 13.1. The van der Waals surface area contributed by atoms with E-state index >= 15 is 0 Å². The van der Waals surface area contributed by atoms with Crippen LogP contribution in [-0.2, 0) is 11.8 Å². The molecule has 0 spiro atoms. The lowest BCUT2D eigenvalue weighted by Gasteiger charge is -2.31. The van der Waals surface area contributed by atoms with Gasteiger partial charge in [0.1, 0.15) is 0 Å². The number of aryl methyl sites for hydroxylation is 2. The molecule has 37 heavy (non-hydrogen) atoms. The molecular formula is C26H29N9O2. The van der Waals surface area contributed by atoms with E-state index in [2.05, 4.69) is 35.9 Å². The molecule has 0 radical (unpaired) electrons. The molecule has 1 aliphatic carbocycles. The zero-order chi connectivity index (χ0) is 25.5. The fourth-order valence-corrected chi connectivity index (χ4v) is 5.55. The Morgan fingerprint density at radius 1 is 1.05 bits per heavy atom. The van der Waals surface area contributed by atoms with Gasteiger partial charge in [-0.15, -0.1) is 5.10 Å². The predicted octanol–water partition coefficient (Wildman–Crippen LogP) is 2.76. The number of piperidine rings is 1. The minimum atomic E-state index is -0.402. The summed E-state index contributed by atoms with van der Waals surface area (Å²) in [6, 6.07) is 5.44. The Bertz CT molecular complexity index is 1480. The van der Waals surface area contributed by atoms with E-state index < -0.39 is 5.91 Å². The number of fused-ring (bicyclic) bond motifs is 3. The highest BCUT2D eigenvalue weighted by molar-refractivity contribution is 6.08. The second kappa shape index (κ2) is 9.40. The number of nitrogens with one attached hydrogen (secondary N) is 2. The molecule has 11 heteroatoms. The Labute approximate surface area is 213 Å². The number of carbonyl (C=O) groups is 2. The molecule has 0 unspecified atom stereocenters. The fraction of sp³-hybridized carbons (Fsp3) is 0.385. The SMILES string of the molecule is Cc1ncc(NC(=O)CN2C[C@@H]3CC[C@@H](C3)C2)cc1NC(=O)c1nnn2cc(-c3cnn(C)c3)ccc12. The van der Waals surface area contributed by atoms with Crippen molar-refractivity contribution in [3.05, 3.63) is 54.4 Å². The van der Waals surface area contributed by atoms with Gasteiger partial charge in [-0.1, -0.05) is 11.3 Å². The van der Waals surface area contributed by atoms with Crippen molar-refractivity contribution in [2.24, 2.45) is 18.9 Å². The van der Waals surface area contributed by atoms with Crippen LogP contribution in [0.2, 0.25) is 0 Å². The summed E-state index contributed by atoms with van der Waals surface area (Å²) in [6.07, 6.45) is 11.0. The third-order valence-electron chi connectivity index (χ3n) is 7.33. The zero-order valence-corrected chi connectivity index (χ0v) is 20.9. The number of amides is 2. The summed E-state index contributed by atoms with van der Waals surface area (Å²) in [7, 11) is 1.86. The molecule has 2 aliphatic rings. The van der Waals surface area contributed by atoms with Crippen molar-refractivity contribution in [3.8, 4) is 11.1 Å². The normalized spacial score (nSPS) is 19.3. The van der Waals surface area contributed by atoms with Gasteiger partial charge in [-0.05, 0) is 50.2 Å². The first kappa shape index (κ1) is 23.3. The molecule has 2 bridgehead atoms. The minimum absolute atomic E-state index is 0.0713. The number of hydrogen-bond acceptors (Lipinski definition) is 7. The van der Waals surface area contributed by atoms with Crippen LogP contribution in [0.4, 0.5) is 11.4 Å². The Morgan fingerprint density at radius 3 is 2.62 bits per heavy atom. The van der Waals surface area contributed by atoms with E-state index in [9.17, 15) is 9.59 Å². The van der Waals surface area contributed by atoms with Crippen molar-refractivity contribution < 1.29 is 9.59 Å². The van der Waals surface area contributed by atoms with Crippen LogP contribution in [0.5, 0.6) is 0 Å². The molecule has 2 amide bonds. The van der Waals surface area contributed by atoms with Gasteiger partial charge in [-0.3, -0.25) is 24.2 Å². The number of carbonyl (C=O) groups excluding carboxylic acids is 2. The van der Waals surface area contributed by atoms with Crippen molar-refractivity contribution in [1.29, 1.82) is 0 Å². The van der Waals surface area contributed by atoms with Crippen LogP contribution in [0.15, 0.2) is 43.0 Å². The van der Waals surface area contributed by atoms with Crippen molar-refractivity contribution in [2.75, 3.05) is 30.3 Å². The number of aromatic nitrogens is 6. The first-order valence-corrected chi connectivity index (χ1v) is 12.6. The summed E-state index contributed by atoms with van der Waals surface area (Å²) >= 11 is 0. The molecule has 1 saturated carbocycles. The molecule has 2 fully saturated rings. The van der Waals surface area contributed by atoms with Crippen LogP contribution in [0.25, 0.3) is 16.6 Å². The van der Waals surface area contributed by atoms with Crippen molar-refractivity contribution in [2.45, 2.75) is 26.2 Å². The van der Waals surface area contributed by atoms with Gasteiger partial charge < -0.3 is 10.6 Å². The van der Waals surface area contributed by atoms with Crippen molar-refractivity contribution in [1.82, 2.24) is 34.5 Å². The van der Waals surface area contributed by atoms with Gasteiger partial charge >= 0.3 is 0 Å². The highest BCUT2D eigenvalue weighted by Gasteiger charge is 2.33. The van der Waals surface area contributed by atoms with Gasteiger partial charge in [0, 0.05) is 43.7 Å². The summed E-state index contributed by atoms with van der Waals surface area (Å²) in [4.78, 5) is 32.4.